The molecule has 0 aliphatic heterocycles. The summed E-state index contributed by atoms with van der Waals surface area (Å²) in [6, 6.07) is 2.77. The maximum Gasteiger partial charge on any atom is 0.0352 e. The third-order valence-electron chi connectivity index (χ3n) is 3.89. The first kappa shape index (κ1) is 12.6. The van der Waals surface area contributed by atoms with Gasteiger partial charge in [-0.15, -0.1) is 0 Å². The first-order valence-electron chi connectivity index (χ1n) is 7.03. The van der Waals surface area contributed by atoms with Crippen molar-refractivity contribution in [1.82, 2.24) is 10.3 Å². The molecule has 1 fully saturated rings. The summed E-state index contributed by atoms with van der Waals surface area (Å²) in [7, 11) is 0. The van der Waals surface area contributed by atoms with E-state index in [-0.39, 0.29) is 0 Å². The van der Waals surface area contributed by atoms with Crippen molar-refractivity contribution in [3.8, 4) is 0 Å². The summed E-state index contributed by atoms with van der Waals surface area (Å²) in [6.07, 6.45) is 10.4. The number of aryl methyl sites for hydroxylation is 1. The molecular formula is C15H24N2. The van der Waals surface area contributed by atoms with Gasteiger partial charge >= 0.3 is 0 Å². The Morgan fingerprint density at radius 3 is 2.82 bits per heavy atom. The quantitative estimate of drug-likeness (QED) is 0.812. The summed E-state index contributed by atoms with van der Waals surface area (Å²) < 4.78 is 0. The lowest BCUT2D eigenvalue weighted by atomic mass is 9.76. The Morgan fingerprint density at radius 1 is 1.41 bits per heavy atom. The van der Waals surface area contributed by atoms with Crippen molar-refractivity contribution in [1.29, 1.82) is 0 Å². The van der Waals surface area contributed by atoms with Crippen molar-refractivity contribution in [3.05, 3.63) is 29.6 Å². The Labute approximate surface area is 105 Å². The molecule has 1 aliphatic rings. The summed E-state index contributed by atoms with van der Waals surface area (Å²) in [4.78, 5) is 4.25. The van der Waals surface area contributed by atoms with Crippen LogP contribution in [0.15, 0.2) is 18.5 Å². The van der Waals surface area contributed by atoms with Gasteiger partial charge < -0.3 is 5.32 Å². The zero-order valence-corrected chi connectivity index (χ0v) is 11.1. The highest BCUT2D eigenvalue weighted by molar-refractivity contribution is 5.27. The smallest absolute Gasteiger partial charge is 0.0352 e. The van der Waals surface area contributed by atoms with E-state index >= 15 is 0 Å². The van der Waals surface area contributed by atoms with Crippen LogP contribution in [-0.2, 0) is 6.42 Å². The molecule has 1 aliphatic carbocycles. The minimum atomic E-state index is 0.557. The van der Waals surface area contributed by atoms with Gasteiger partial charge in [0.2, 0.25) is 0 Å². The maximum atomic E-state index is 4.25. The zero-order chi connectivity index (χ0) is 12.1. The minimum absolute atomic E-state index is 0.557. The van der Waals surface area contributed by atoms with E-state index in [4.69, 9.17) is 0 Å². The number of hydrogen-bond donors (Lipinski definition) is 1. The summed E-state index contributed by atoms with van der Waals surface area (Å²) in [5.74, 6) is 0.842. The van der Waals surface area contributed by atoms with Crippen LogP contribution in [0.5, 0.6) is 0 Å². The fraction of sp³-hybridized carbons (Fsp3) is 0.667. The zero-order valence-electron chi connectivity index (χ0n) is 11.1. The first-order chi connectivity index (χ1) is 8.36. The summed E-state index contributed by atoms with van der Waals surface area (Å²) >= 11 is 0. The van der Waals surface area contributed by atoms with Crippen LogP contribution in [0, 0.1) is 5.92 Å². The molecule has 2 rings (SSSR count). The Bertz CT molecular complexity index is 345. The molecule has 0 bridgehead atoms. The molecule has 2 nitrogen and oxygen atoms in total. The highest BCUT2D eigenvalue weighted by Crippen LogP contribution is 2.38. The molecule has 1 saturated carbocycles. The van der Waals surface area contributed by atoms with Gasteiger partial charge in [-0.25, -0.2) is 0 Å². The number of nitrogens with one attached hydrogen (secondary N) is 1. The molecule has 17 heavy (non-hydrogen) atoms. The number of hydrogen-bond acceptors (Lipinski definition) is 2. The Morgan fingerprint density at radius 2 is 2.24 bits per heavy atom. The van der Waals surface area contributed by atoms with Crippen LogP contribution < -0.4 is 5.32 Å². The van der Waals surface area contributed by atoms with E-state index in [0.29, 0.717) is 6.04 Å². The van der Waals surface area contributed by atoms with Crippen LogP contribution in [0.3, 0.4) is 0 Å². The van der Waals surface area contributed by atoms with E-state index in [1.165, 1.54) is 36.8 Å². The van der Waals surface area contributed by atoms with Gasteiger partial charge in [-0.1, -0.05) is 20.3 Å². The van der Waals surface area contributed by atoms with Gasteiger partial charge in [-0.05, 0) is 55.3 Å². The van der Waals surface area contributed by atoms with E-state index in [1.54, 1.807) is 0 Å². The van der Waals surface area contributed by atoms with E-state index < -0.39 is 0 Å². The van der Waals surface area contributed by atoms with Crippen molar-refractivity contribution >= 4 is 0 Å². The van der Waals surface area contributed by atoms with Gasteiger partial charge in [-0.3, -0.25) is 4.98 Å². The van der Waals surface area contributed by atoms with Crippen LogP contribution in [0.25, 0.3) is 0 Å². The lowest BCUT2D eigenvalue weighted by Gasteiger charge is -2.35. The van der Waals surface area contributed by atoms with Crippen LogP contribution in [0.4, 0.5) is 0 Å². The normalized spacial score (nSPS) is 17.8. The van der Waals surface area contributed by atoms with Gasteiger partial charge in [0.05, 0.1) is 0 Å². The molecule has 1 N–H and O–H groups in total. The average Bonchev–Trinajstić information content (AvgIpc) is 2.32. The minimum Gasteiger partial charge on any atom is -0.310 e. The van der Waals surface area contributed by atoms with Crippen molar-refractivity contribution in [3.63, 3.8) is 0 Å². The number of rotatable bonds is 6. The van der Waals surface area contributed by atoms with E-state index in [2.05, 4.69) is 30.2 Å². The van der Waals surface area contributed by atoms with Crippen molar-refractivity contribution in [2.24, 2.45) is 5.92 Å². The van der Waals surface area contributed by atoms with Crippen molar-refractivity contribution < 1.29 is 0 Å². The largest absolute Gasteiger partial charge is 0.310 e. The van der Waals surface area contributed by atoms with Crippen LogP contribution in [-0.4, -0.2) is 11.5 Å². The second kappa shape index (κ2) is 6.15. The molecule has 94 valence electrons. The molecule has 1 heterocycles. The number of pyridine rings is 1. The second-order valence-electron chi connectivity index (χ2n) is 5.05. The predicted octanol–water partition coefficient (Wildman–Crippen LogP) is 3.48. The Balaban J connectivity index is 2.17. The molecule has 2 heteroatoms. The van der Waals surface area contributed by atoms with Gasteiger partial charge in [0, 0.05) is 18.4 Å². The third kappa shape index (κ3) is 2.86. The molecule has 1 atom stereocenters. The second-order valence-corrected chi connectivity index (χ2v) is 5.05. The lowest BCUT2D eigenvalue weighted by molar-refractivity contribution is 0.230. The predicted molar refractivity (Wildman–Crippen MR) is 72.0 cm³/mol. The highest BCUT2D eigenvalue weighted by atomic mass is 14.9. The van der Waals surface area contributed by atoms with E-state index in [9.17, 15) is 0 Å². The molecule has 1 unspecified atom stereocenters. The monoisotopic (exact) mass is 232 g/mol. The number of aromatic nitrogens is 1. The van der Waals surface area contributed by atoms with Crippen molar-refractivity contribution in [2.45, 2.75) is 52.0 Å². The first-order valence-corrected chi connectivity index (χ1v) is 7.03. The standard InChI is InChI=1S/C15H24N2/c1-3-9-17-15(13-6-5-7-13)14-8-10-16-11-12(14)4-2/h8,10-11,13,15,17H,3-7,9H2,1-2H3. The average molecular weight is 232 g/mol. The van der Waals surface area contributed by atoms with Crippen LogP contribution in [0.2, 0.25) is 0 Å². The Kier molecular flexibility index (Phi) is 4.55. The SMILES string of the molecule is CCCNC(c1ccncc1CC)C1CCC1. The van der Waals surface area contributed by atoms with Crippen LogP contribution in [0.1, 0.15) is 56.7 Å². The molecule has 1 aromatic rings. The van der Waals surface area contributed by atoms with Crippen LogP contribution >= 0.6 is 0 Å². The molecule has 1 aromatic heterocycles. The molecule has 0 radical (unpaired) electrons. The molecule has 0 saturated heterocycles. The molecule has 0 spiro atoms. The molecular weight excluding hydrogens is 208 g/mol. The number of nitrogens with zero attached hydrogens (tertiary/aromatic N) is 1. The van der Waals surface area contributed by atoms with E-state index in [0.717, 1.165) is 18.9 Å². The summed E-state index contributed by atoms with van der Waals surface area (Å²) in [5.41, 5.74) is 2.90. The fourth-order valence-electron chi connectivity index (χ4n) is 2.64. The fourth-order valence-corrected chi connectivity index (χ4v) is 2.64. The maximum absolute atomic E-state index is 4.25. The van der Waals surface area contributed by atoms with Gasteiger partial charge in [0.25, 0.3) is 0 Å². The summed E-state index contributed by atoms with van der Waals surface area (Å²) in [5, 5.41) is 3.73. The van der Waals surface area contributed by atoms with Crippen molar-refractivity contribution in [2.75, 3.05) is 6.54 Å². The van der Waals surface area contributed by atoms with Gasteiger partial charge in [0.15, 0.2) is 0 Å². The van der Waals surface area contributed by atoms with E-state index in [1.807, 2.05) is 12.4 Å². The highest BCUT2D eigenvalue weighted by Gasteiger charge is 2.28. The third-order valence-corrected chi connectivity index (χ3v) is 3.89. The summed E-state index contributed by atoms with van der Waals surface area (Å²) in [6.45, 7) is 5.57. The molecule has 0 amide bonds. The Hall–Kier alpha value is -0.890. The van der Waals surface area contributed by atoms with Gasteiger partial charge in [-0.2, -0.15) is 0 Å². The lowest BCUT2D eigenvalue weighted by Crippen LogP contribution is -2.33. The van der Waals surface area contributed by atoms with Gasteiger partial charge in [0.1, 0.15) is 0 Å². The topological polar surface area (TPSA) is 24.9 Å². The molecule has 0 aromatic carbocycles.